The van der Waals surface area contributed by atoms with Crippen molar-refractivity contribution in [2.45, 2.75) is 25.2 Å². The SMILES string of the molecule is COC(=O)Cc1ccc(S(=O)(=O)NCC=C(C)C)cc1. The molecule has 0 amide bonds. The Hall–Kier alpha value is -1.66. The molecule has 20 heavy (non-hydrogen) atoms. The smallest absolute Gasteiger partial charge is 0.309 e. The van der Waals surface area contributed by atoms with Gasteiger partial charge in [-0.3, -0.25) is 4.79 Å². The third-order valence-electron chi connectivity index (χ3n) is 2.59. The van der Waals surface area contributed by atoms with Gasteiger partial charge in [-0.05, 0) is 31.5 Å². The fourth-order valence-electron chi connectivity index (χ4n) is 1.46. The van der Waals surface area contributed by atoms with Crippen LogP contribution in [0.2, 0.25) is 0 Å². The van der Waals surface area contributed by atoms with E-state index in [-0.39, 0.29) is 23.8 Å². The molecule has 1 rings (SSSR count). The average molecular weight is 297 g/mol. The molecule has 0 aliphatic heterocycles. The average Bonchev–Trinajstić information content (AvgIpc) is 2.38. The van der Waals surface area contributed by atoms with E-state index < -0.39 is 10.0 Å². The Morgan fingerprint density at radius 1 is 1.25 bits per heavy atom. The minimum absolute atomic E-state index is 0.127. The molecule has 0 saturated heterocycles. The van der Waals surface area contributed by atoms with Gasteiger partial charge in [-0.25, -0.2) is 13.1 Å². The van der Waals surface area contributed by atoms with Crippen molar-refractivity contribution in [3.8, 4) is 0 Å². The van der Waals surface area contributed by atoms with Crippen molar-refractivity contribution in [3.63, 3.8) is 0 Å². The molecule has 0 aromatic heterocycles. The second-order valence-corrected chi connectivity index (χ2v) is 6.30. The van der Waals surface area contributed by atoms with Crippen LogP contribution < -0.4 is 4.72 Å². The standard InChI is InChI=1S/C14H19NO4S/c1-11(2)8-9-15-20(17,18)13-6-4-12(5-7-13)10-14(16)19-3/h4-8,15H,9-10H2,1-3H3. The lowest BCUT2D eigenvalue weighted by atomic mass is 10.2. The Bertz CT molecular complexity index is 584. The predicted octanol–water partition coefficient (Wildman–Crippen LogP) is 1.65. The molecule has 0 aliphatic carbocycles. The van der Waals surface area contributed by atoms with E-state index >= 15 is 0 Å². The third kappa shape index (κ3) is 5.14. The molecule has 0 saturated carbocycles. The maximum Gasteiger partial charge on any atom is 0.309 e. The van der Waals surface area contributed by atoms with Crippen molar-refractivity contribution < 1.29 is 17.9 Å². The molecule has 0 fully saturated rings. The van der Waals surface area contributed by atoms with Gasteiger partial charge in [0, 0.05) is 6.54 Å². The van der Waals surface area contributed by atoms with Gasteiger partial charge in [0.25, 0.3) is 0 Å². The highest BCUT2D eigenvalue weighted by atomic mass is 32.2. The Morgan fingerprint density at radius 2 is 1.85 bits per heavy atom. The highest BCUT2D eigenvalue weighted by molar-refractivity contribution is 7.89. The van der Waals surface area contributed by atoms with E-state index in [2.05, 4.69) is 9.46 Å². The number of allylic oxidation sites excluding steroid dienone is 1. The van der Waals surface area contributed by atoms with Crippen molar-refractivity contribution in [2.75, 3.05) is 13.7 Å². The molecule has 6 heteroatoms. The number of benzene rings is 1. The maximum atomic E-state index is 12.0. The summed E-state index contributed by atoms with van der Waals surface area (Å²) in [6, 6.07) is 6.16. The van der Waals surface area contributed by atoms with Crippen LogP contribution in [0.5, 0.6) is 0 Å². The normalized spacial score (nSPS) is 10.9. The van der Waals surface area contributed by atoms with Crippen LogP contribution in [0.1, 0.15) is 19.4 Å². The fraction of sp³-hybridized carbons (Fsp3) is 0.357. The van der Waals surface area contributed by atoms with Crippen LogP contribution in [-0.4, -0.2) is 28.0 Å². The number of hydrogen-bond acceptors (Lipinski definition) is 4. The lowest BCUT2D eigenvalue weighted by Gasteiger charge is -2.06. The van der Waals surface area contributed by atoms with Crippen molar-refractivity contribution in [2.24, 2.45) is 0 Å². The predicted molar refractivity (Wildman–Crippen MR) is 76.8 cm³/mol. The van der Waals surface area contributed by atoms with Crippen LogP contribution in [-0.2, 0) is 26.0 Å². The van der Waals surface area contributed by atoms with Gasteiger partial charge in [0.05, 0.1) is 18.4 Å². The first-order chi connectivity index (χ1) is 9.35. The van der Waals surface area contributed by atoms with Crippen molar-refractivity contribution in [1.29, 1.82) is 0 Å². The minimum Gasteiger partial charge on any atom is -0.469 e. The molecule has 0 heterocycles. The summed E-state index contributed by atoms with van der Waals surface area (Å²) in [7, 11) is -2.20. The van der Waals surface area contributed by atoms with Crippen LogP contribution in [0, 0.1) is 0 Å². The molecule has 1 aromatic carbocycles. The summed E-state index contributed by atoms with van der Waals surface area (Å²) in [4.78, 5) is 11.3. The Balaban J connectivity index is 2.76. The van der Waals surface area contributed by atoms with Gasteiger partial charge in [-0.15, -0.1) is 0 Å². The number of nitrogens with one attached hydrogen (secondary N) is 1. The van der Waals surface area contributed by atoms with Gasteiger partial charge < -0.3 is 4.74 Å². The van der Waals surface area contributed by atoms with Crippen LogP contribution in [0.25, 0.3) is 0 Å². The van der Waals surface area contributed by atoms with Crippen molar-refractivity contribution in [3.05, 3.63) is 41.5 Å². The van der Waals surface area contributed by atoms with E-state index in [9.17, 15) is 13.2 Å². The Morgan fingerprint density at radius 3 is 2.35 bits per heavy atom. The van der Waals surface area contributed by atoms with Crippen LogP contribution >= 0.6 is 0 Å². The number of hydrogen-bond donors (Lipinski definition) is 1. The topological polar surface area (TPSA) is 72.5 Å². The van der Waals surface area contributed by atoms with Crippen LogP contribution in [0.3, 0.4) is 0 Å². The third-order valence-corrected chi connectivity index (χ3v) is 4.03. The summed E-state index contributed by atoms with van der Waals surface area (Å²) in [5.74, 6) is -0.359. The number of ether oxygens (including phenoxy) is 1. The molecule has 0 bridgehead atoms. The van der Waals surface area contributed by atoms with E-state index in [1.807, 2.05) is 13.8 Å². The highest BCUT2D eigenvalue weighted by Crippen LogP contribution is 2.11. The number of sulfonamides is 1. The number of rotatable bonds is 6. The number of methoxy groups -OCH3 is 1. The molecular weight excluding hydrogens is 278 g/mol. The largest absolute Gasteiger partial charge is 0.469 e. The van der Waals surface area contributed by atoms with E-state index in [1.54, 1.807) is 18.2 Å². The Kier molecular flexibility index (Phi) is 5.91. The maximum absolute atomic E-state index is 12.0. The second-order valence-electron chi connectivity index (χ2n) is 4.53. The van der Waals surface area contributed by atoms with Gasteiger partial charge in [0.2, 0.25) is 10.0 Å². The van der Waals surface area contributed by atoms with Crippen molar-refractivity contribution in [1.82, 2.24) is 4.72 Å². The van der Waals surface area contributed by atoms with Gasteiger partial charge in [-0.2, -0.15) is 0 Å². The van der Waals surface area contributed by atoms with Gasteiger partial charge >= 0.3 is 5.97 Å². The van der Waals surface area contributed by atoms with E-state index in [4.69, 9.17) is 0 Å². The zero-order chi connectivity index (χ0) is 15.2. The molecule has 0 unspecified atom stereocenters. The quantitative estimate of drug-likeness (QED) is 0.640. The summed E-state index contributed by atoms with van der Waals surface area (Å²) < 4.78 is 31.0. The number of carbonyl (C=O) groups is 1. The molecule has 1 N–H and O–H groups in total. The monoisotopic (exact) mass is 297 g/mol. The zero-order valence-corrected chi connectivity index (χ0v) is 12.7. The fourth-order valence-corrected chi connectivity index (χ4v) is 2.43. The lowest BCUT2D eigenvalue weighted by molar-refractivity contribution is -0.139. The van der Waals surface area contributed by atoms with Crippen molar-refractivity contribution >= 4 is 16.0 Å². The van der Waals surface area contributed by atoms with Gasteiger partial charge in [-0.1, -0.05) is 23.8 Å². The highest BCUT2D eigenvalue weighted by Gasteiger charge is 2.13. The van der Waals surface area contributed by atoms with Crippen LogP contribution in [0.15, 0.2) is 40.8 Å². The number of esters is 1. The zero-order valence-electron chi connectivity index (χ0n) is 11.8. The van der Waals surface area contributed by atoms with E-state index in [0.29, 0.717) is 5.56 Å². The summed E-state index contributed by atoms with van der Waals surface area (Å²) in [6.45, 7) is 4.06. The first kappa shape index (κ1) is 16.4. The summed E-state index contributed by atoms with van der Waals surface area (Å²) in [5.41, 5.74) is 1.75. The van der Waals surface area contributed by atoms with E-state index in [1.165, 1.54) is 19.2 Å². The molecule has 5 nitrogen and oxygen atoms in total. The second kappa shape index (κ2) is 7.21. The lowest BCUT2D eigenvalue weighted by Crippen LogP contribution is -2.23. The first-order valence-corrected chi connectivity index (χ1v) is 7.62. The molecule has 110 valence electrons. The minimum atomic E-state index is -3.52. The number of carbonyl (C=O) groups excluding carboxylic acids is 1. The summed E-state index contributed by atoms with van der Waals surface area (Å²) in [6.07, 6.45) is 1.92. The molecule has 1 aromatic rings. The first-order valence-electron chi connectivity index (χ1n) is 6.14. The molecule has 0 spiro atoms. The Labute approximate surface area is 119 Å². The van der Waals surface area contributed by atoms with Gasteiger partial charge in [0.15, 0.2) is 0 Å². The molecular formula is C14H19NO4S. The summed E-state index contributed by atoms with van der Waals surface area (Å²) in [5, 5.41) is 0. The van der Waals surface area contributed by atoms with Crippen LogP contribution in [0.4, 0.5) is 0 Å². The van der Waals surface area contributed by atoms with E-state index in [0.717, 1.165) is 5.57 Å². The summed E-state index contributed by atoms with van der Waals surface area (Å²) >= 11 is 0. The molecule has 0 atom stereocenters. The van der Waals surface area contributed by atoms with Gasteiger partial charge in [0.1, 0.15) is 0 Å². The molecule has 0 aliphatic rings. The molecule has 0 radical (unpaired) electrons.